The summed E-state index contributed by atoms with van der Waals surface area (Å²) >= 11 is 0. The van der Waals surface area contributed by atoms with Gasteiger partial charge in [0.15, 0.2) is 0 Å². The van der Waals surface area contributed by atoms with Crippen LogP contribution < -0.4 is 4.74 Å². The molecule has 110 valence electrons. The van der Waals surface area contributed by atoms with Crippen LogP contribution in [0.3, 0.4) is 0 Å². The van der Waals surface area contributed by atoms with E-state index >= 15 is 0 Å². The summed E-state index contributed by atoms with van der Waals surface area (Å²) in [4.78, 5) is 11.3. The summed E-state index contributed by atoms with van der Waals surface area (Å²) in [6, 6.07) is 12.9. The highest BCUT2D eigenvalue weighted by Gasteiger charge is 2.14. The third kappa shape index (κ3) is 3.41. The standard InChI is InChI=1S/C17H18O4/c1-12-13(7-5-8-14(12)17(18)19)15-6-3-4-9-16(15)21-11-10-20-2/h3-9H,10-11H2,1-2H3,(H,18,19). The zero-order valence-electron chi connectivity index (χ0n) is 12.1. The van der Waals surface area contributed by atoms with Crippen LogP contribution in [0, 0.1) is 6.92 Å². The van der Waals surface area contributed by atoms with Gasteiger partial charge in [0.2, 0.25) is 0 Å². The van der Waals surface area contributed by atoms with Gasteiger partial charge in [0.1, 0.15) is 12.4 Å². The maximum absolute atomic E-state index is 11.3. The van der Waals surface area contributed by atoms with Gasteiger partial charge in [0, 0.05) is 12.7 Å². The Kier molecular flexibility index (Phi) is 4.95. The highest BCUT2D eigenvalue weighted by atomic mass is 16.5. The van der Waals surface area contributed by atoms with Crippen molar-refractivity contribution in [2.75, 3.05) is 20.3 Å². The minimum absolute atomic E-state index is 0.305. The third-order valence-electron chi connectivity index (χ3n) is 3.29. The number of hydrogen-bond acceptors (Lipinski definition) is 3. The zero-order chi connectivity index (χ0) is 15.2. The monoisotopic (exact) mass is 286 g/mol. The summed E-state index contributed by atoms with van der Waals surface area (Å²) in [5.74, 6) is -0.202. The minimum atomic E-state index is -0.924. The van der Waals surface area contributed by atoms with Gasteiger partial charge in [-0.1, -0.05) is 30.3 Å². The van der Waals surface area contributed by atoms with Crippen molar-refractivity contribution in [2.45, 2.75) is 6.92 Å². The smallest absolute Gasteiger partial charge is 0.335 e. The van der Waals surface area contributed by atoms with Crippen LogP contribution in [0.25, 0.3) is 11.1 Å². The van der Waals surface area contributed by atoms with Gasteiger partial charge < -0.3 is 14.6 Å². The first-order valence-corrected chi connectivity index (χ1v) is 6.69. The van der Waals surface area contributed by atoms with Crippen LogP contribution in [-0.2, 0) is 4.74 Å². The molecule has 0 bridgehead atoms. The number of aromatic carboxylic acids is 1. The first-order chi connectivity index (χ1) is 10.1. The van der Waals surface area contributed by atoms with Crippen molar-refractivity contribution in [3.63, 3.8) is 0 Å². The first-order valence-electron chi connectivity index (χ1n) is 6.69. The van der Waals surface area contributed by atoms with E-state index in [1.54, 1.807) is 19.2 Å². The second kappa shape index (κ2) is 6.90. The summed E-state index contributed by atoms with van der Waals surface area (Å²) in [6.07, 6.45) is 0. The van der Waals surface area contributed by atoms with Crippen LogP contribution in [0.15, 0.2) is 42.5 Å². The molecule has 0 aromatic heterocycles. The van der Waals surface area contributed by atoms with Crippen LogP contribution >= 0.6 is 0 Å². The molecule has 1 N–H and O–H groups in total. The van der Waals surface area contributed by atoms with Crippen molar-refractivity contribution in [2.24, 2.45) is 0 Å². The van der Waals surface area contributed by atoms with Crippen LogP contribution in [0.1, 0.15) is 15.9 Å². The van der Waals surface area contributed by atoms with E-state index in [9.17, 15) is 9.90 Å². The van der Waals surface area contributed by atoms with Gasteiger partial charge in [-0.3, -0.25) is 0 Å². The Balaban J connectivity index is 2.42. The second-order valence-electron chi connectivity index (χ2n) is 4.62. The van der Waals surface area contributed by atoms with Gasteiger partial charge >= 0.3 is 5.97 Å². The maximum Gasteiger partial charge on any atom is 0.335 e. The average molecular weight is 286 g/mol. The van der Waals surface area contributed by atoms with Crippen molar-refractivity contribution in [3.8, 4) is 16.9 Å². The number of carboxylic acids is 1. The molecular formula is C17H18O4. The lowest BCUT2D eigenvalue weighted by Crippen LogP contribution is -2.06. The molecule has 0 aliphatic carbocycles. The number of ether oxygens (including phenoxy) is 2. The Labute approximate surface area is 123 Å². The van der Waals surface area contributed by atoms with Gasteiger partial charge in [-0.25, -0.2) is 4.79 Å². The van der Waals surface area contributed by atoms with Crippen molar-refractivity contribution < 1.29 is 19.4 Å². The van der Waals surface area contributed by atoms with E-state index in [0.717, 1.165) is 22.4 Å². The number of para-hydroxylation sites is 1. The van der Waals surface area contributed by atoms with Gasteiger partial charge in [-0.05, 0) is 30.2 Å². The zero-order valence-corrected chi connectivity index (χ0v) is 12.1. The summed E-state index contributed by atoms with van der Waals surface area (Å²) in [7, 11) is 1.62. The fourth-order valence-electron chi connectivity index (χ4n) is 2.21. The second-order valence-corrected chi connectivity index (χ2v) is 4.62. The Morgan fingerprint density at radius 2 is 1.76 bits per heavy atom. The molecule has 0 unspecified atom stereocenters. The van der Waals surface area contributed by atoms with Crippen LogP contribution in [0.2, 0.25) is 0 Å². The molecule has 0 radical (unpaired) electrons. The number of methoxy groups -OCH3 is 1. The molecule has 0 saturated heterocycles. The van der Waals surface area contributed by atoms with Crippen molar-refractivity contribution in [3.05, 3.63) is 53.6 Å². The van der Waals surface area contributed by atoms with Gasteiger partial charge in [0.25, 0.3) is 0 Å². The van der Waals surface area contributed by atoms with Gasteiger partial charge in [-0.15, -0.1) is 0 Å². The number of hydrogen-bond donors (Lipinski definition) is 1. The summed E-state index contributed by atoms with van der Waals surface area (Å²) in [5, 5.41) is 9.23. The highest BCUT2D eigenvalue weighted by Crippen LogP contribution is 2.33. The van der Waals surface area contributed by atoms with Gasteiger partial charge in [0.05, 0.1) is 12.2 Å². The van der Waals surface area contributed by atoms with Crippen molar-refractivity contribution in [1.82, 2.24) is 0 Å². The topological polar surface area (TPSA) is 55.8 Å². The van der Waals surface area contributed by atoms with E-state index in [0.29, 0.717) is 18.8 Å². The molecule has 0 aliphatic heterocycles. The fraction of sp³-hybridized carbons (Fsp3) is 0.235. The lowest BCUT2D eigenvalue weighted by Gasteiger charge is -2.14. The lowest BCUT2D eigenvalue weighted by molar-refractivity contribution is 0.0696. The molecule has 21 heavy (non-hydrogen) atoms. The third-order valence-corrected chi connectivity index (χ3v) is 3.29. The Bertz CT molecular complexity index is 634. The lowest BCUT2D eigenvalue weighted by atomic mass is 9.96. The molecule has 0 atom stereocenters. The SMILES string of the molecule is COCCOc1ccccc1-c1cccc(C(=O)O)c1C. The van der Waals surface area contributed by atoms with Crippen LogP contribution in [0.4, 0.5) is 0 Å². The molecule has 0 heterocycles. The Morgan fingerprint density at radius 3 is 2.48 bits per heavy atom. The van der Waals surface area contributed by atoms with E-state index < -0.39 is 5.97 Å². The molecule has 2 aromatic rings. The summed E-state index contributed by atoms with van der Waals surface area (Å²) in [5.41, 5.74) is 2.78. The molecule has 0 amide bonds. The van der Waals surface area contributed by atoms with Crippen LogP contribution in [-0.4, -0.2) is 31.4 Å². The number of benzene rings is 2. The molecule has 4 heteroatoms. The van der Waals surface area contributed by atoms with E-state index in [4.69, 9.17) is 9.47 Å². The van der Waals surface area contributed by atoms with E-state index in [2.05, 4.69) is 0 Å². The molecule has 2 rings (SSSR count). The predicted molar refractivity (Wildman–Crippen MR) is 80.9 cm³/mol. The number of carbonyl (C=O) groups is 1. The first kappa shape index (κ1) is 15.1. The minimum Gasteiger partial charge on any atom is -0.491 e. The molecule has 4 nitrogen and oxygen atoms in total. The summed E-state index contributed by atoms with van der Waals surface area (Å²) in [6.45, 7) is 2.76. The molecule has 0 saturated carbocycles. The van der Waals surface area contributed by atoms with Crippen molar-refractivity contribution >= 4 is 5.97 Å². The van der Waals surface area contributed by atoms with Gasteiger partial charge in [-0.2, -0.15) is 0 Å². The quantitative estimate of drug-likeness (QED) is 0.827. The molecule has 0 fully saturated rings. The van der Waals surface area contributed by atoms with E-state index in [1.165, 1.54) is 0 Å². The number of rotatable bonds is 6. The Morgan fingerprint density at radius 1 is 1.05 bits per heavy atom. The molecule has 0 aliphatic rings. The molecule has 2 aromatic carbocycles. The molecule has 0 spiro atoms. The Hall–Kier alpha value is -2.33. The summed E-state index contributed by atoms with van der Waals surface area (Å²) < 4.78 is 10.7. The van der Waals surface area contributed by atoms with E-state index in [-0.39, 0.29) is 0 Å². The normalized spacial score (nSPS) is 10.4. The number of carboxylic acid groups (broad SMARTS) is 1. The van der Waals surface area contributed by atoms with E-state index in [1.807, 2.05) is 37.3 Å². The van der Waals surface area contributed by atoms with Crippen LogP contribution in [0.5, 0.6) is 5.75 Å². The van der Waals surface area contributed by atoms with Crippen molar-refractivity contribution in [1.29, 1.82) is 0 Å². The highest BCUT2D eigenvalue weighted by molar-refractivity contribution is 5.92. The largest absolute Gasteiger partial charge is 0.491 e. The average Bonchev–Trinajstić information content (AvgIpc) is 2.48. The maximum atomic E-state index is 11.3. The molecular weight excluding hydrogens is 268 g/mol. The fourth-order valence-corrected chi connectivity index (χ4v) is 2.21. The predicted octanol–water partition coefficient (Wildman–Crippen LogP) is 3.39.